The van der Waals surface area contributed by atoms with Crippen LogP contribution in [0.5, 0.6) is 5.75 Å². The Morgan fingerprint density at radius 2 is 1.84 bits per heavy atom. The summed E-state index contributed by atoms with van der Waals surface area (Å²) in [4.78, 5) is 24.2. The van der Waals surface area contributed by atoms with E-state index in [-0.39, 0.29) is 17.2 Å². The van der Waals surface area contributed by atoms with Gasteiger partial charge in [-0.3, -0.25) is 4.79 Å². The van der Waals surface area contributed by atoms with E-state index in [1.807, 2.05) is 55.7 Å². The molecule has 0 bridgehead atoms. The van der Waals surface area contributed by atoms with Crippen LogP contribution in [0.3, 0.4) is 0 Å². The van der Waals surface area contributed by atoms with E-state index in [1.165, 1.54) is 17.8 Å². The summed E-state index contributed by atoms with van der Waals surface area (Å²) in [7, 11) is 1.61. The number of hydrogen-bond acceptors (Lipinski definition) is 6. The Morgan fingerprint density at radius 3 is 2.47 bits per heavy atom. The molecule has 0 unspecified atom stereocenters. The second-order valence-corrected chi connectivity index (χ2v) is 8.26. The number of aromatic nitrogens is 1. The van der Waals surface area contributed by atoms with Gasteiger partial charge in [-0.25, -0.2) is 5.43 Å². The molecule has 0 fully saturated rings. The number of hydrazone groups is 1. The predicted octanol–water partition coefficient (Wildman–Crippen LogP) is 3.02. The molecule has 3 rings (SSSR count). The van der Waals surface area contributed by atoms with Crippen molar-refractivity contribution in [3.63, 3.8) is 0 Å². The highest BCUT2D eigenvalue weighted by Gasteiger charge is 2.12. The van der Waals surface area contributed by atoms with Crippen LogP contribution in [0, 0.1) is 20.8 Å². The summed E-state index contributed by atoms with van der Waals surface area (Å²) in [5.41, 5.74) is 7.15. The third kappa shape index (κ3) is 5.39. The Morgan fingerprint density at radius 1 is 1.12 bits per heavy atom. The molecule has 1 N–H and O–H groups in total. The van der Waals surface area contributed by atoms with Crippen molar-refractivity contribution in [2.75, 3.05) is 12.9 Å². The molecule has 32 heavy (non-hydrogen) atoms. The zero-order valence-electron chi connectivity index (χ0n) is 18.3. The second kappa shape index (κ2) is 10.2. The van der Waals surface area contributed by atoms with Gasteiger partial charge in [0.1, 0.15) is 5.75 Å². The minimum Gasteiger partial charge on any atom is -0.545 e. The van der Waals surface area contributed by atoms with Crippen LogP contribution in [-0.4, -0.2) is 35.5 Å². The molecule has 0 spiro atoms. The lowest BCUT2D eigenvalue weighted by Crippen LogP contribution is -2.22. The quantitative estimate of drug-likeness (QED) is 0.323. The van der Waals surface area contributed by atoms with Crippen LogP contribution in [0.25, 0.3) is 5.69 Å². The molecule has 0 aliphatic rings. The highest BCUT2D eigenvalue weighted by Crippen LogP contribution is 2.24. The summed E-state index contributed by atoms with van der Waals surface area (Å²) >= 11 is 1.41. The smallest absolute Gasteiger partial charge is 0.250 e. The summed E-state index contributed by atoms with van der Waals surface area (Å²) in [6.07, 6.45) is 1.61. The number of methoxy groups -OCH3 is 1. The number of carboxylic acids is 1. The first-order valence-corrected chi connectivity index (χ1v) is 10.9. The fourth-order valence-electron chi connectivity index (χ4n) is 3.35. The van der Waals surface area contributed by atoms with E-state index in [0.717, 1.165) is 38.8 Å². The van der Waals surface area contributed by atoms with E-state index in [1.54, 1.807) is 25.5 Å². The minimum absolute atomic E-state index is 0.144. The molecule has 0 aliphatic carbocycles. The number of thioether (sulfide) groups is 1. The molecule has 1 amide bonds. The summed E-state index contributed by atoms with van der Waals surface area (Å²) in [6, 6.07) is 14.3. The van der Waals surface area contributed by atoms with E-state index >= 15 is 0 Å². The van der Waals surface area contributed by atoms with E-state index in [9.17, 15) is 14.7 Å². The number of carbonyl (C=O) groups excluding carboxylic acids is 2. The number of aryl methyl sites for hydroxylation is 2. The van der Waals surface area contributed by atoms with Crippen molar-refractivity contribution < 1.29 is 19.4 Å². The number of hydrogen-bond donors (Lipinski definition) is 1. The molecule has 7 nitrogen and oxygen atoms in total. The van der Waals surface area contributed by atoms with Gasteiger partial charge in [0.2, 0.25) is 5.91 Å². The Kier molecular flexibility index (Phi) is 7.37. The lowest BCUT2D eigenvalue weighted by molar-refractivity contribution is -0.255. The van der Waals surface area contributed by atoms with Gasteiger partial charge < -0.3 is 19.2 Å². The number of benzene rings is 2. The number of aromatic carboxylic acids is 1. The second-order valence-electron chi connectivity index (χ2n) is 7.21. The number of carbonyl (C=O) groups is 2. The standard InChI is InChI=1S/C24H25N3O4S/c1-15-11-18(24(29)30)5-10-22(15)27-16(2)12-19(17(27)3)13-25-26-23(28)14-32-21-8-6-20(31-4)7-9-21/h5-13H,14H2,1-4H3,(H,26,28)(H,29,30)/p-1/b25-13+. The number of nitrogens with one attached hydrogen (secondary N) is 1. The normalized spacial score (nSPS) is 11.0. The molecule has 166 valence electrons. The summed E-state index contributed by atoms with van der Waals surface area (Å²) in [6.45, 7) is 5.76. The maximum Gasteiger partial charge on any atom is 0.250 e. The van der Waals surface area contributed by atoms with E-state index in [0.29, 0.717) is 0 Å². The molecule has 0 saturated heterocycles. The highest BCUT2D eigenvalue weighted by atomic mass is 32.2. The SMILES string of the molecule is COc1ccc(SCC(=O)N/N=C/c2cc(C)n(-c3ccc(C(=O)[O-])cc3C)c2C)cc1. The lowest BCUT2D eigenvalue weighted by atomic mass is 10.1. The van der Waals surface area contributed by atoms with Crippen LogP contribution in [0.15, 0.2) is 58.5 Å². The van der Waals surface area contributed by atoms with Crippen molar-refractivity contribution >= 4 is 29.9 Å². The molecular formula is C24H24N3O4S-. The van der Waals surface area contributed by atoms with Gasteiger partial charge in [0, 0.05) is 27.5 Å². The van der Waals surface area contributed by atoms with Crippen LogP contribution in [0.2, 0.25) is 0 Å². The summed E-state index contributed by atoms with van der Waals surface area (Å²) in [5.74, 6) is -0.392. The molecule has 0 atom stereocenters. The Hall–Kier alpha value is -3.52. The molecule has 2 aromatic carbocycles. The molecule has 0 radical (unpaired) electrons. The number of rotatable bonds is 8. The zero-order chi connectivity index (χ0) is 23.3. The number of ether oxygens (including phenoxy) is 1. The van der Waals surface area contributed by atoms with Crippen molar-refractivity contribution in [3.05, 3.63) is 76.6 Å². The number of amides is 1. The van der Waals surface area contributed by atoms with Crippen molar-refractivity contribution in [1.82, 2.24) is 9.99 Å². The Labute approximate surface area is 191 Å². The molecule has 0 saturated carbocycles. The van der Waals surface area contributed by atoms with Gasteiger partial charge >= 0.3 is 0 Å². The fourth-order valence-corrected chi connectivity index (χ4v) is 4.04. The van der Waals surface area contributed by atoms with Crippen LogP contribution >= 0.6 is 11.8 Å². The zero-order valence-corrected chi connectivity index (χ0v) is 19.2. The molecule has 3 aromatic rings. The molecule has 1 aromatic heterocycles. The largest absolute Gasteiger partial charge is 0.545 e. The first kappa shape index (κ1) is 23.1. The highest BCUT2D eigenvalue weighted by molar-refractivity contribution is 8.00. The first-order chi connectivity index (χ1) is 15.3. The number of carboxylic acid groups (broad SMARTS) is 1. The van der Waals surface area contributed by atoms with Crippen molar-refractivity contribution in [2.45, 2.75) is 25.7 Å². The van der Waals surface area contributed by atoms with Crippen molar-refractivity contribution in [2.24, 2.45) is 5.10 Å². The molecule has 8 heteroatoms. The van der Waals surface area contributed by atoms with Crippen LogP contribution in [0.4, 0.5) is 0 Å². The predicted molar refractivity (Wildman–Crippen MR) is 124 cm³/mol. The monoisotopic (exact) mass is 450 g/mol. The summed E-state index contributed by atoms with van der Waals surface area (Å²) < 4.78 is 7.15. The van der Waals surface area contributed by atoms with Gasteiger partial charge in [-0.2, -0.15) is 5.10 Å². The maximum absolute atomic E-state index is 12.1. The van der Waals surface area contributed by atoms with Crippen LogP contribution < -0.4 is 15.3 Å². The van der Waals surface area contributed by atoms with Gasteiger partial charge in [0.15, 0.2) is 0 Å². The van der Waals surface area contributed by atoms with Gasteiger partial charge in [0.25, 0.3) is 0 Å². The van der Waals surface area contributed by atoms with Crippen molar-refractivity contribution in [1.29, 1.82) is 0 Å². The Bertz CT molecular complexity index is 1170. The van der Waals surface area contributed by atoms with Gasteiger partial charge in [-0.1, -0.05) is 6.07 Å². The van der Waals surface area contributed by atoms with E-state index in [2.05, 4.69) is 10.5 Å². The molecular weight excluding hydrogens is 426 g/mol. The average molecular weight is 451 g/mol. The van der Waals surface area contributed by atoms with Crippen LogP contribution in [-0.2, 0) is 4.79 Å². The average Bonchev–Trinajstić information content (AvgIpc) is 3.05. The molecule has 1 heterocycles. The van der Waals surface area contributed by atoms with Gasteiger partial charge in [-0.15, -0.1) is 11.8 Å². The molecule has 0 aliphatic heterocycles. The number of nitrogens with zero attached hydrogens (tertiary/aromatic N) is 2. The summed E-state index contributed by atoms with van der Waals surface area (Å²) in [5, 5.41) is 15.2. The topological polar surface area (TPSA) is 95.8 Å². The van der Waals surface area contributed by atoms with E-state index < -0.39 is 5.97 Å². The first-order valence-electron chi connectivity index (χ1n) is 9.90. The Balaban J connectivity index is 1.65. The van der Waals surface area contributed by atoms with E-state index in [4.69, 9.17) is 4.74 Å². The maximum atomic E-state index is 12.1. The van der Waals surface area contributed by atoms with Gasteiger partial charge in [-0.05, 0) is 74.4 Å². The minimum atomic E-state index is -1.20. The third-order valence-electron chi connectivity index (χ3n) is 4.97. The van der Waals surface area contributed by atoms with Gasteiger partial charge in [0.05, 0.1) is 25.0 Å². The van der Waals surface area contributed by atoms with Crippen LogP contribution in [0.1, 0.15) is 32.9 Å². The lowest BCUT2D eigenvalue weighted by Gasteiger charge is -2.14. The van der Waals surface area contributed by atoms with Crippen molar-refractivity contribution in [3.8, 4) is 11.4 Å². The third-order valence-corrected chi connectivity index (χ3v) is 5.98. The fraction of sp³-hybridized carbons (Fsp3) is 0.208.